The van der Waals surface area contributed by atoms with E-state index in [1.165, 1.54) is 0 Å². The summed E-state index contributed by atoms with van der Waals surface area (Å²) in [6.07, 6.45) is 8.14. The molecule has 0 aliphatic carbocycles. The Morgan fingerprint density at radius 1 is 1.48 bits per heavy atom. The number of likely N-dealkylation sites (tertiary alicyclic amines) is 1. The van der Waals surface area contributed by atoms with Gasteiger partial charge in [0.1, 0.15) is 5.76 Å². The van der Waals surface area contributed by atoms with Gasteiger partial charge in [-0.3, -0.25) is 9.59 Å². The van der Waals surface area contributed by atoms with Crippen molar-refractivity contribution in [2.75, 3.05) is 19.6 Å². The third-order valence-electron chi connectivity index (χ3n) is 4.61. The van der Waals surface area contributed by atoms with Gasteiger partial charge in [-0.05, 0) is 31.1 Å². The second kappa shape index (κ2) is 9.50. The van der Waals surface area contributed by atoms with E-state index in [-0.39, 0.29) is 17.7 Å². The van der Waals surface area contributed by atoms with E-state index in [1.807, 2.05) is 17.9 Å². The summed E-state index contributed by atoms with van der Waals surface area (Å²) in [5.41, 5.74) is 1.01. The average molecular weight is 388 g/mol. The Kier molecular flexibility index (Phi) is 6.81. The monoisotopic (exact) mass is 387 g/mol. The van der Waals surface area contributed by atoms with Crippen molar-refractivity contribution >= 4 is 29.2 Å². The standard InChI is InChI=1S/C20H25N3O3S/c1-2-18(24)21-10-9-16-14-27-20(22-16)15-5-3-11-23(13-15)19(25)8-7-17-6-4-12-26-17/h4,6-8,12,14-15H,2-3,5,9-11,13H2,1H3,(H,21,24)/b8-7+/t15-/m1/s1. The minimum absolute atomic E-state index is 0.00941. The van der Waals surface area contributed by atoms with Crippen molar-refractivity contribution in [1.82, 2.24) is 15.2 Å². The molecule has 1 atom stereocenters. The minimum Gasteiger partial charge on any atom is -0.465 e. The average Bonchev–Trinajstić information content (AvgIpc) is 3.38. The van der Waals surface area contributed by atoms with Crippen molar-refractivity contribution in [3.63, 3.8) is 0 Å². The molecule has 1 N–H and O–H groups in total. The molecule has 0 aromatic carbocycles. The number of rotatable bonds is 7. The number of nitrogens with one attached hydrogen (secondary N) is 1. The molecule has 1 saturated heterocycles. The molecule has 144 valence electrons. The molecule has 3 heterocycles. The zero-order valence-corrected chi connectivity index (χ0v) is 16.3. The topological polar surface area (TPSA) is 75.4 Å². The highest BCUT2D eigenvalue weighted by molar-refractivity contribution is 7.09. The van der Waals surface area contributed by atoms with Crippen LogP contribution in [0.5, 0.6) is 0 Å². The molecule has 0 bridgehead atoms. The molecule has 27 heavy (non-hydrogen) atoms. The number of piperidine rings is 1. The van der Waals surface area contributed by atoms with Crippen LogP contribution in [-0.2, 0) is 16.0 Å². The summed E-state index contributed by atoms with van der Waals surface area (Å²) in [4.78, 5) is 30.4. The number of furan rings is 1. The van der Waals surface area contributed by atoms with Crippen molar-refractivity contribution in [3.8, 4) is 0 Å². The highest BCUT2D eigenvalue weighted by Gasteiger charge is 2.25. The summed E-state index contributed by atoms with van der Waals surface area (Å²) in [6, 6.07) is 3.62. The molecule has 6 nitrogen and oxygen atoms in total. The fourth-order valence-corrected chi connectivity index (χ4v) is 4.09. The van der Waals surface area contributed by atoms with Gasteiger partial charge >= 0.3 is 0 Å². The number of aromatic nitrogens is 1. The van der Waals surface area contributed by atoms with Crippen LogP contribution in [0.25, 0.3) is 6.08 Å². The molecule has 0 radical (unpaired) electrons. The summed E-state index contributed by atoms with van der Waals surface area (Å²) in [6.45, 7) is 3.93. The maximum absolute atomic E-state index is 12.4. The molecular formula is C20H25N3O3S. The lowest BCUT2D eigenvalue weighted by atomic mass is 9.98. The summed E-state index contributed by atoms with van der Waals surface area (Å²) in [5.74, 6) is 1.03. The van der Waals surface area contributed by atoms with Crippen molar-refractivity contribution in [2.24, 2.45) is 0 Å². The van der Waals surface area contributed by atoms with E-state index in [1.54, 1.807) is 35.8 Å². The Hall–Kier alpha value is -2.41. The van der Waals surface area contributed by atoms with Gasteiger partial charge in [-0.2, -0.15) is 0 Å². The van der Waals surface area contributed by atoms with Crippen LogP contribution in [-0.4, -0.2) is 41.3 Å². The maximum atomic E-state index is 12.4. The smallest absolute Gasteiger partial charge is 0.246 e. The van der Waals surface area contributed by atoms with Crippen LogP contribution in [0.4, 0.5) is 0 Å². The Morgan fingerprint density at radius 3 is 3.15 bits per heavy atom. The van der Waals surface area contributed by atoms with Crippen LogP contribution in [0.3, 0.4) is 0 Å². The van der Waals surface area contributed by atoms with Gasteiger partial charge in [-0.25, -0.2) is 4.98 Å². The number of carbonyl (C=O) groups excluding carboxylic acids is 2. The lowest BCUT2D eigenvalue weighted by Crippen LogP contribution is -2.38. The molecule has 3 rings (SSSR count). The summed E-state index contributed by atoms with van der Waals surface area (Å²) in [5, 5.41) is 6.02. The van der Waals surface area contributed by atoms with E-state index in [2.05, 4.69) is 10.7 Å². The summed E-state index contributed by atoms with van der Waals surface area (Å²) in [7, 11) is 0. The van der Waals surface area contributed by atoms with Crippen LogP contribution in [0.2, 0.25) is 0 Å². The second-order valence-electron chi connectivity index (χ2n) is 6.60. The Bertz CT molecular complexity index is 782. The zero-order valence-electron chi connectivity index (χ0n) is 15.5. The maximum Gasteiger partial charge on any atom is 0.246 e. The predicted molar refractivity (Wildman–Crippen MR) is 105 cm³/mol. The van der Waals surface area contributed by atoms with Gasteiger partial charge in [0.05, 0.1) is 17.0 Å². The van der Waals surface area contributed by atoms with Gasteiger partial charge in [0.2, 0.25) is 11.8 Å². The Balaban J connectivity index is 1.53. The third-order valence-corrected chi connectivity index (χ3v) is 5.67. The van der Waals surface area contributed by atoms with Crippen molar-refractivity contribution in [2.45, 2.75) is 38.5 Å². The number of carbonyl (C=O) groups is 2. The number of thiazole rings is 1. The highest BCUT2D eigenvalue weighted by atomic mass is 32.1. The Labute approximate surface area is 163 Å². The third kappa shape index (κ3) is 5.53. The fraction of sp³-hybridized carbons (Fsp3) is 0.450. The van der Waals surface area contributed by atoms with Crippen LogP contribution in [0.1, 0.15) is 48.6 Å². The van der Waals surface area contributed by atoms with Crippen molar-refractivity contribution in [1.29, 1.82) is 0 Å². The SMILES string of the molecule is CCC(=O)NCCc1csc([C@@H]2CCCN(C(=O)/C=C/c3ccco3)C2)n1. The molecule has 1 fully saturated rings. The van der Waals surface area contributed by atoms with E-state index < -0.39 is 0 Å². The number of hydrogen-bond acceptors (Lipinski definition) is 5. The van der Waals surface area contributed by atoms with Crippen LogP contribution in [0.15, 0.2) is 34.3 Å². The summed E-state index contributed by atoms with van der Waals surface area (Å²) < 4.78 is 5.23. The van der Waals surface area contributed by atoms with Gasteiger partial charge in [-0.1, -0.05) is 6.92 Å². The quantitative estimate of drug-likeness (QED) is 0.740. The van der Waals surface area contributed by atoms with Crippen molar-refractivity contribution < 1.29 is 14.0 Å². The van der Waals surface area contributed by atoms with Gasteiger partial charge in [0.15, 0.2) is 0 Å². The van der Waals surface area contributed by atoms with E-state index >= 15 is 0 Å². The molecule has 0 unspecified atom stereocenters. The van der Waals surface area contributed by atoms with E-state index in [4.69, 9.17) is 9.40 Å². The molecule has 0 saturated carbocycles. The number of hydrogen-bond donors (Lipinski definition) is 1. The first kappa shape index (κ1) is 19.4. The molecule has 2 aromatic heterocycles. The van der Waals surface area contributed by atoms with Crippen LogP contribution < -0.4 is 5.32 Å². The van der Waals surface area contributed by atoms with Crippen molar-refractivity contribution in [3.05, 3.63) is 46.3 Å². The largest absolute Gasteiger partial charge is 0.465 e. The molecule has 1 aliphatic heterocycles. The van der Waals surface area contributed by atoms with E-state index in [9.17, 15) is 9.59 Å². The lowest BCUT2D eigenvalue weighted by molar-refractivity contribution is -0.127. The predicted octanol–water partition coefficient (Wildman–Crippen LogP) is 3.22. The molecule has 2 aromatic rings. The first-order valence-electron chi connectivity index (χ1n) is 9.37. The van der Waals surface area contributed by atoms with Gasteiger partial charge in [0.25, 0.3) is 0 Å². The molecule has 0 spiro atoms. The van der Waals surface area contributed by atoms with Gasteiger partial charge < -0.3 is 14.6 Å². The number of nitrogens with zero attached hydrogens (tertiary/aromatic N) is 2. The lowest BCUT2D eigenvalue weighted by Gasteiger charge is -2.31. The first-order valence-corrected chi connectivity index (χ1v) is 10.2. The fourth-order valence-electron chi connectivity index (χ4n) is 3.10. The van der Waals surface area contributed by atoms with Crippen LogP contribution in [0, 0.1) is 0 Å². The molecule has 2 amide bonds. The van der Waals surface area contributed by atoms with Crippen LogP contribution >= 0.6 is 11.3 Å². The van der Waals surface area contributed by atoms with E-state index in [0.29, 0.717) is 25.3 Å². The minimum atomic E-state index is 0.00941. The van der Waals surface area contributed by atoms with E-state index in [0.717, 1.165) is 36.5 Å². The normalized spacial score (nSPS) is 17.4. The summed E-state index contributed by atoms with van der Waals surface area (Å²) >= 11 is 1.65. The van der Waals surface area contributed by atoms with Gasteiger partial charge in [-0.15, -0.1) is 11.3 Å². The first-order chi connectivity index (χ1) is 13.2. The molecule has 1 aliphatic rings. The number of amides is 2. The second-order valence-corrected chi connectivity index (χ2v) is 7.49. The highest BCUT2D eigenvalue weighted by Crippen LogP contribution is 2.29. The molecular weight excluding hydrogens is 362 g/mol. The van der Waals surface area contributed by atoms with Gasteiger partial charge in [0, 0.05) is 49.8 Å². The zero-order chi connectivity index (χ0) is 19.1. The molecule has 7 heteroatoms. The Morgan fingerprint density at radius 2 is 2.37 bits per heavy atom.